The van der Waals surface area contributed by atoms with Crippen molar-refractivity contribution in [3.63, 3.8) is 0 Å². The molecule has 0 N–H and O–H groups in total. The zero-order chi connectivity index (χ0) is 9.47. The molecule has 2 atom stereocenters. The SMILES string of the molecule is C=CCCN1CC[C@H]2[C@@H](C1)C2(Br)Br. The molecule has 2 aliphatic rings. The topological polar surface area (TPSA) is 3.24 Å². The minimum Gasteiger partial charge on any atom is -0.303 e. The number of halogens is 2. The highest BCUT2D eigenvalue weighted by Crippen LogP contribution is 2.64. The third-order valence-corrected chi connectivity index (χ3v) is 5.58. The molecule has 1 heterocycles. The van der Waals surface area contributed by atoms with Crippen LogP contribution in [-0.2, 0) is 0 Å². The van der Waals surface area contributed by atoms with Crippen molar-refractivity contribution < 1.29 is 0 Å². The first-order chi connectivity index (χ1) is 6.16. The highest BCUT2D eigenvalue weighted by atomic mass is 79.9. The van der Waals surface area contributed by atoms with Crippen LogP contribution in [0.3, 0.4) is 0 Å². The Morgan fingerprint density at radius 3 is 2.85 bits per heavy atom. The van der Waals surface area contributed by atoms with Crippen molar-refractivity contribution in [3.05, 3.63) is 12.7 Å². The van der Waals surface area contributed by atoms with E-state index in [9.17, 15) is 0 Å². The summed E-state index contributed by atoms with van der Waals surface area (Å²) < 4.78 is 0.281. The van der Waals surface area contributed by atoms with Gasteiger partial charge in [0.2, 0.25) is 0 Å². The predicted octanol–water partition coefficient (Wildman–Crippen LogP) is 3.00. The summed E-state index contributed by atoms with van der Waals surface area (Å²) in [6, 6.07) is 0. The van der Waals surface area contributed by atoms with E-state index >= 15 is 0 Å². The fourth-order valence-corrected chi connectivity index (χ4v) is 4.03. The van der Waals surface area contributed by atoms with Crippen LogP contribution in [0.25, 0.3) is 0 Å². The molecule has 1 aliphatic heterocycles. The molecule has 3 heteroatoms. The van der Waals surface area contributed by atoms with Gasteiger partial charge in [0.05, 0.1) is 3.23 Å². The van der Waals surface area contributed by atoms with Crippen molar-refractivity contribution in [3.8, 4) is 0 Å². The van der Waals surface area contributed by atoms with Gasteiger partial charge in [-0.3, -0.25) is 0 Å². The number of alkyl halides is 2. The Hall–Kier alpha value is 0.660. The summed E-state index contributed by atoms with van der Waals surface area (Å²) in [6.07, 6.45) is 4.46. The van der Waals surface area contributed by atoms with E-state index in [1.54, 1.807) is 0 Å². The number of nitrogens with zero attached hydrogens (tertiary/aromatic N) is 1. The van der Waals surface area contributed by atoms with E-state index in [1.807, 2.05) is 6.08 Å². The van der Waals surface area contributed by atoms with E-state index in [0.29, 0.717) is 0 Å². The molecule has 0 amide bonds. The molecule has 1 saturated carbocycles. The second kappa shape index (κ2) is 3.67. The number of hydrogen-bond donors (Lipinski definition) is 0. The largest absolute Gasteiger partial charge is 0.303 e. The Morgan fingerprint density at radius 2 is 2.23 bits per heavy atom. The number of likely N-dealkylation sites (tertiary alicyclic amines) is 1. The Kier molecular flexibility index (Phi) is 2.87. The summed E-state index contributed by atoms with van der Waals surface area (Å²) in [5.41, 5.74) is 0. The van der Waals surface area contributed by atoms with E-state index in [1.165, 1.54) is 26.1 Å². The van der Waals surface area contributed by atoms with Gasteiger partial charge in [-0.25, -0.2) is 0 Å². The monoisotopic (exact) mass is 307 g/mol. The summed E-state index contributed by atoms with van der Waals surface area (Å²) in [7, 11) is 0. The van der Waals surface area contributed by atoms with Crippen molar-refractivity contribution in [2.45, 2.75) is 16.1 Å². The maximum atomic E-state index is 3.76. The standard InChI is InChI=1S/C10H15Br2N/c1-2-3-5-13-6-4-8-9(7-13)10(8,11)12/h2,8-9H,1,3-7H2/t8-,9+/m0/s1. The van der Waals surface area contributed by atoms with Crippen molar-refractivity contribution in [2.24, 2.45) is 11.8 Å². The van der Waals surface area contributed by atoms with Gasteiger partial charge in [0.1, 0.15) is 0 Å². The van der Waals surface area contributed by atoms with Crippen LogP contribution < -0.4 is 0 Å². The second-order valence-electron chi connectivity index (χ2n) is 4.05. The molecule has 0 aromatic carbocycles. The van der Waals surface area contributed by atoms with E-state index in [0.717, 1.165) is 18.3 Å². The van der Waals surface area contributed by atoms with Crippen LogP contribution in [-0.4, -0.2) is 27.8 Å². The van der Waals surface area contributed by atoms with Gasteiger partial charge in [0, 0.05) is 19.0 Å². The van der Waals surface area contributed by atoms with E-state index in [-0.39, 0.29) is 3.23 Å². The first-order valence-electron chi connectivity index (χ1n) is 4.87. The molecular formula is C10H15Br2N. The van der Waals surface area contributed by atoms with Crippen LogP contribution >= 0.6 is 31.9 Å². The molecule has 2 rings (SSSR count). The first-order valence-corrected chi connectivity index (χ1v) is 6.46. The maximum Gasteiger partial charge on any atom is 0.0881 e. The van der Waals surface area contributed by atoms with Crippen LogP contribution in [0.5, 0.6) is 0 Å². The lowest BCUT2D eigenvalue weighted by atomic mass is 10.1. The molecule has 0 aromatic heterocycles. The Morgan fingerprint density at radius 1 is 1.46 bits per heavy atom. The minimum absolute atomic E-state index is 0.281. The summed E-state index contributed by atoms with van der Waals surface area (Å²) in [5.74, 6) is 1.69. The van der Waals surface area contributed by atoms with E-state index in [4.69, 9.17) is 0 Å². The lowest BCUT2D eigenvalue weighted by Crippen LogP contribution is -2.32. The van der Waals surface area contributed by atoms with Crippen LogP contribution in [0.15, 0.2) is 12.7 Å². The maximum absolute atomic E-state index is 3.76. The van der Waals surface area contributed by atoms with Crippen molar-refractivity contribution in [1.82, 2.24) is 4.90 Å². The number of hydrogen-bond acceptors (Lipinski definition) is 1. The molecule has 0 radical (unpaired) electrons. The predicted molar refractivity (Wildman–Crippen MR) is 63.4 cm³/mol. The normalized spacial score (nSPS) is 36.8. The summed E-state index contributed by atoms with van der Waals surface area (Å²) in [6.45, 7) is 7.44. The van der Waals surface area contributed by atoms with Gasteiger partial charge in [-0.2, -0.15) is 0 Å². The van der Waals surface area contributed by atoms with E-state index in [2.05, 4.69) is 43.3 Å². The molecule has 0 bridgehead atoms. The quantitative estimate of drug-likeness (QED) is 0.572. The lowest BCUT2D eigenvalue weighted by Gasteiger charge is -2.24. The summed E-state index contributed by atoms with van der Waals surface area (Å²) in [5, 5.41) is 0. The third kappa shape index (κ3) is 1.88. The van der Waals surface area contributed by atoms with Gasteiger partial charge >= 0.3 is 0 Å². The van der Waals surface area contributed by atoms with E-state index < -0.39 is 0 Å². The zero-order valence-corrected chi connectivity index (χ0v) is 10.8. The molecular weight excluding hydrogens is 294 g/mol. The molecule has 13 heavy (non-hydrogen) atoms. The number of piperidine rings is 1. The Balaban J connectivity index is 1.82. The Labute approximate surface area is 96.8 Å². The summed E-state index contributed by atoms with van der Waals surface area (Å²) in [4.78, 5) is 2.55. The smallest absolute Gasteiger partial charge is 0.0881 e. The van der Waals surface area contributed by atoms with Gasteiger partial charge < -0.3 is 4.90 Å². The van der Waals surface area contributed by atoms with Crippen LogP contribution in [0.1, 0.15) is 12.8 Å². The average molecular weight is 309 g/mol. The van der Waals surface area contributed by atoms with Gasteiger partial charge in [-0.15, -0.1) is 6.58 Å². The Bertz CT molecular complexity index is 215. The van der Waals surface area contributed by atoms with Crippen LogP contribution in [0.4, 0.5) is 0 Å². The van der Waals surface area contributed by atoms with Crippen molar-refractivity contribution in [1.29, 1.82) is 0 Å². The molecule has 0 unspecified atom stereocenters. The molecule has 2 fully saturated rings. The van der Waals surface area contributed by atoms with Gasteiger partial charge in [0.15, 0.2) is 0 Å². The molecule has 1 saturated heterocycles. The fraction of sp³-hybridized carbons (Fsp3) is 0.800. The average Bonchev–Trinajstić information content (AvgIpc) is 2.66. The minimum atomic E-state index is 0.281. The molecule has 1 aliphatic carbocycles. The number of rotatable bonds is 3. The second-order valence-corrected chi connectivity index (χ2v) is 7.74. The molecule has 1 nitrogen and oxygen atoms in total. The van der Waals surface area contributed by atoms with Gasteiger partial charge in [-0.05, 0) is 25.3 Å². The summed E-state index contributed by atoms with van der Waals surface area (Å²) >= 11 is 7.49. The van der Waals surface area contributed by atoms with Crippen molar-refractivity contribution in [2.75, 3.05) is 19.6 Å². The molecule has 0 spiro atoms. The first kappa shape index (κ1) is 10.2. The molecule has 0 aromatic rings. The van der Waals surface area contributed by atoms with Gasteiger partial charge in [-0.1, -0.05) is 37.9 Å². The highest BCUT2D eigenvalue weighted by Gasteiger charge is 2.62. The van der Waals surface area contributed by atoms with Crippen molar-refractivity contribution >= 4 is 31.9 Å². The van der Waals surface area contributed by atoms with Crippen LogP contribution in [0.2, 0.25) is 0 Å². The highest BCUT2D eigenvalue weighted by molar-refractivity contribution is 9.25. The van der Waals surface area contributed by atoms with Gasteiger partial charge in [0.25, 0.3) is 0 Å². The third-order valence-electron chi connectivity index (χ3n) is 3.23. The zero-order valence-electron chi connectivity index (χ0n) is 7.68. The van der Waals surface area contributed by atoms with Crippen LogP contribution in [0, 0.1) is 11.8 Å². The lowest BCUT2D eigenvalue weighted by molar-refractivity contribution is 0.223. The number of fused-ring (bicyclic) bond motifs is 1. The fourth-order valence-electron chi connectivity index (χ4n) is 2.27. The molecule has 74 valence electrons.